The minimum atomic E-state index is 0. The van der Waals surface area contributed by atoms with Crippen LogP contribution in [0.1, 0.15) is 0 Å². The van der Waals surface area contributed by atoms with Gasteiger partial charge in [-0.05, 0) is 0 Å². The number of hydrogen-bond donors (Lipinski definition) is 0. The van der Waals surface area contributed by atoms with Crippen LogP contribution in [0.2, 0.25) is 0 Å². The van der Waals surface area contributed by atoms with E-state index in [0.717, 1.165) is 0 Å². The molecule has 1 aromatic rings. The zero-order valence-corrected chi connectivity index (χ0v) is 6.21. The fourth-order valence-corrected chi connectivity index (χ4v) is 0. The normalized spacial score (nSPS) is 6.00. The van der Waals surface area contributed by atoms with Gasteiger partial charge in [0.15, 0.2) is 21.3 Å². The van der Waals surface area contributed by atoms with Gasteiger partial charge >= 0.3 is 0 Å². The second-order valence-electron chi connectivity index (χ2n) is 0.204. The predicted molar refractivity (Wildman–Crippen MR) is 20.2 cm³/mol. The summed E-state index contributed by atoms with van der Waals surface area (Å²) in [6.45, 7) is 0. The summed E-state index contributed by atoms with van der Waals surface area (Å²) in [6.07, 6.45) is 0. The molecule has 0 N–H and O–H groups in total. The third-order valence-electron chi connectivity index (χ3n) is 0.0680. The molecular weight excluding hydrogens is 199 g/mol. The van der Waals surface area contributed by atoms with Gasteiger partial charge in [-0.3, -0.25) is 0 Å². The minimum absolute atomic E-state index is 0. The standard InChI is InChI=1S/OS2.Sn/c1-2-3-1;. The van der Waals surface area contributed by atoms with Crippen molar-refractivity contribution in [2.45, 2.75) is 0 Å². The van der Waals surface area contributed by atoms with E-state index in [0.29, 0.717) is 0 Å². The molecule has 1 aromatic heterocycles. The molecule has 0 spiro atoms. The van der Waals surface area contributed by atoms with Gasteiger partial charge in [0.25, 0.3) is 0 Å². The summed E-state index contributed by atoms with van der Waals surface area (Å²) in [5.41, 5.74) is 0. The van der Waals surface area contributed by atoms with E-state index in [1.807, 2.05) is 0 Å². The van der Waals surface area contributed by atoms with E-state index in [1.165, 1.54) is 21.3 Å². The van der Waals surface area contributed by atoms with Crippen LogP contribution in [0.3, 0.4) is 0 Å². The van der Waals surface area contributed by atoms with Crippen LogP contribution in [-0.2, 0) is 0 Å². The van der Waals surface area contributed by atoms with Crippen molar-refractivity contribution in [3.8, 4) is 0 Å². The van der Waals surface area contributed by atoms with E-state index in [1.54, 1.807) is 0 Å². The van der Waals surface area contributed by atoms with Crippen LogP contribution in [0.5, 0.6) is 0 Å². The first-order chi connectivity index (χ1) is 1.50. The molecule has 1 nitrogen and oxygen atoms in total. The molecule has 0 aliphatic heterocycles. The van der Waals surface area contributed by atoms with Gasteiger partial charge in [-0.15, -0.1) is 0 Å². The zero-order chi connectivity index (χ0) is 2.12. The van der Waals surface area contributed by atoms with Crippen LogP contribution in [0, 0.1) is 0 Å². The second kappa shape index (κ2) is 2.29. The molecule has 0 bridgehead atoms. The Morgan fingerprint density at radius 3 is 1.50 bits per heavy atom. The molecule has 1 rings (SSSR count). The van der Waals surface area contributed by atoms with Gasteiger partial charge in [-0.1, -0.05) is 0 Å². The summed E-state index contributed by atoms with van der Waals surface area (Å²) in [5, 5.41) is 0. The Kier molecular flexibility index (Phi) is 2.88. The van der Waals surface area contributed by atoms with Crippen molar-refractivity contribution >= 4 is 45.2 Å². The fourth-order valence-electron chi connectivity index (χ4n) is 0. The van der Waals surface area contributed by atoms with Crippen LogP contribution in [0.4, 0.5) is 0 Å². The van der Waals surface area contributed by atoms with Gasteiger partial charge in [0.1, 0.15) is 0 Å². The number of rotatable bonds is 0. The van der Waals surface area contributed by atoms with Crippen molar-refractivity contribution in [3.05, 3.63) is 0 Å². The van der Waals surface area contributed by atoms with Crippen molar-refractivity contribution < 1.29 is 3.28 Å². The maximum absolute atomic E-state index is 4.33. The zero-order valence-electron chi connectivity index (χ0n) is 1.72. The quantitative estimate of drug-likeness (QED) is 0.449. The van der Waals surface area contributed by atoms with Crippen molar-refractivity contribution in [2.75, 3.05) is 0 Å². The molecule has 0 amide bonds. The van der Waals surface area contributed by atoms with E-state index in [2.05, 4.69) is 3.28 Å². The third-order valence-corrected chi connectivity index (χ3v) is 0.612. The molecule has 0 atom stereocenters. The largest absolute Gasteiger partial charge is 0.317 e. The molecule has 0 unspecified atom stereocenters. The van der Waals surface area contributed by atoms with E-state index >= 15 is 0 Å². The van der Waals surface area contributed by atoms with E-state index in [9.17, 15) is 0 Å². The topological polar surface area (TPSA) is 13.1 Å². The monoisotopic (exact) mass is 200 g/mol. The van der Waals surface area contributed by atoms with Crippen molar-refractivity contribution in [2.24, 2.45) is 0 Å². The van der Waals surface area contributed by atoms with E-state index in [-0.39, 0.29) is 23.9 Å². The SMILES string of the molecule is [Sn].o1ss1. The maximum atomic E-state index is 4.33. The molecule has 4 radical (unpaired) electrons. The average molecular weight is 199 g/mol. The minimum Gasteiger partial charge on any atom is -0.317 e. The van der Waals surface area contributed by atoms with Gasteiger partial charge in [-0.25, -0.2) is 0 Å². The first-order valence-corrected chi connectivity index (χ1v) is 2.50. The molecule has 0 aromatic carbocycles. The van der Waals surface area contributed by atoms with Gasteiger partial charge in [0.2, 0.25) is 0 Å². The van der Waals surface area contributed by atoms with Gasteiger partial charge < -0.3 is 3.28 Å². The first kappa shape index (κ1) is 5.04. The molecule has 22 valence electrons. The Balaban J connectivity index is 0.0000000900. The number of hydrogen-bond acceptors (Lipinski definition) is 3. The average Bonchev–Trinajstić information content (AvgIpc) is 1.46. The Morgan fingerprint density at radius 1 is 1.25 bits per heavy atom. The molecule has 0 fully saturated rings. The Bertz CT molecular complexity index is 34.1. The summed E-state index contributed by atoms with van der Waals surface area (Å²) >= 11 is 0. The van der Waals surface area contributed by atoms with E-state index in [4.69, 9.17) is 0 Å². The molecule has 0 aliphatic carbocycles. The van der Waals surface area contributed by atoms with Gasteiger partial charge in [0.05, 0.1) is 0 Å². The second-order valence-corrected chi connectivity index (χ2v) is 1.84. The summed E-state index contributed by atoms with van der Waals surface area (Å²) < 4.78 is 4.33. The Labute approximate surface area is 48.4 Å². The van der Waals surface area contributed by atoms with Crippen LogP contribution < -0.4 is 0 Å². The maximum Gasteiger partial charge on any atom is 0.158 e. The predicted octanol–water partition coefficient (Wildman–Crippen LogP) is 1.02. The van der Waals surface area contributed by atoms with Crippen LogP contribution in [-0.4, -0.2) is 23.9 Å². The van der Waals surface area contributed by atoms with Crippen LogP contribution in [0.15, 0.2) is 3.28 Å². The van der Waals surface area contributed by atoms with Crippen molar-refractivity contribution in [1.29, 1.82) is 0 Å². The summed E-state index contributed by atoms with van der Waals surface area (Å²) in [7, 11) is 2.83. The third kappa shape index (κ3) is 3.04. The van der Waals surface area contributed by atoms with Gasteiger partial charge in [-0.2, -0.15) is 0 Å². The van der Waals surface area contributed by atoms with Crippen LogP contribution in [0.25, 0.3) is 0 Å². The molecule has 1 heterocycles. The fraction of sp³-hybridized carbons (Fsp3) is 0. The van der Waals surface area contributed by atoms with Gasteiger partial charge in [0, 0.05) is 23.9 Å². The molecule has 0 saturated carbocycles. The molecule has 4 heteroatoms. The van der Waals surface area contributed by atoms with Crippen LogP contribution >= 0.6 is 21.3 Å². The van der Waals surface area contributed by atoms with Crippen molar-refractivity contribution in [3.63, 3.8) is 0 Å². The summed E-state index contributed by atoms with van der Waals surface area (Å²) in [5.74, 6) is 0. The van der Waals surface area contributed by atoms with E-state index < -0.39 is 0 Å². The molecule has 4 heavy (non-hydrogen) atoms. The molecule has 0 aliphatic rings. The molecule has 0 saturated heterocycles. The smallest absolute Gasteiger partial charge is 0.158 e. The summed E-state index contributed by atoms with van der Waals surface area (Å²) in [6, 6.07) is 0. The first-order valence-electron chi connectivity index (χ1n) is 0.500. The summed E-state index contributed by atoms with van der Waals surface area (Å²) in [4.78, 5) is 0. The molecular formula is OS2Sn. The Hall–Kier alpha value is 1.04. The Morgan fingerprint density at radius 2 is 1.50 bits per heavy atom. The van der Waals surface area contributed by atoms with Crippen molar-refractivity contribution in [1.82, 2.24) is 0 Å².